The number of carboxylic acids is 1. The summed E-state index contributed by atoms with van der Waals surface area (Å²) in [5.74, 6) is -10.3. The zero-order chi connectivity index (χ0) is 66.1. The van der Waals surface area contributed by atoms with Gasteiger partial charge in [0.05, 0.1) is 12.6 Å². The average Bonchev–Trinajstić information content (AvgIpc) is 2.36. The number of aliphatic carboxylic acids is 1. The summed E-state index contributed by atoms with van der Waals surface area (Å²) in [7, 11) is 0. The summed E-state index contributed by atoms with van der Waals surface area (Å²) in [6.45, 7) is -0.184. The van der Waals surface area contributed by atoms with Crippen LogP contribution < -0.4 is 111 Å². The molecular formula is C52H94N24O12. The second kappa shape index (κ2) is 43.3. The molecule has 0 saturated heterocycles. The van der Waals surface area contributed by atoms with Crippen LogP contribution in [0.2, 0.25) is 0 Å². The van der Waals surface area contributed by atoms with Crippen molar-refractivity contribution in [3.8, 4) is 5.75 Å². The molecule has 88 heavy (non-hydrogen) atoms. The van der Waals surface area contributed by atoms with Crippen molar-refractivity contribution in [2.24, 2.45) is 88.8 Å². The maximum absolute atomic E-state index is 14.5. The number of nitrogens with zero attached hydrogens (tertiary/aromatic N) is 4. The summed E-state index contributed by atoms with van der Waals surface area (Å²) in [6, 6.07) is -5.22. The number of guanidine groups is 4. The molecule has 0 aromatic heterocycles. The van der Waals surface area contributed by atoms with Crippen LogP contribution in [0.3, 0.4) is 0 Å². The van der Waals surface area contributed by atoms with Gasteiger partial charge in [-0.15, -0.1) is 0 Å². The molecule has 36 nitrogen and oxygen atoms in total. The Hall–Kier alpha value is -9.32. The number of phenols is 1. The number of hydrogen-bond acceptors (Lipinski definition) is 18. The zero-order valence-corrected chi connectivity index (χ0v) is 49.6. The number of carbonyl (C=O) groups excluding carboxylic acids is 9. The minimum atomic E-state index is -1.58. The molecule has 0 bridgehead atoms. The standard InChI is InChI=1S/C52H94N24O12/c53-21-3-1-9-33(71-42(81)32(11-5-23-65-49(57)58)70-40(79)28-69-41(80)31(55)27-29-15-17-30(77)18-16-29)43(82)72-34(10-2-4-22-54)44(83)73-35(12-6-24-66-50(59)60)45(84)74-36(13-7-25-67-51(61)62)46(85)75-37(19-20-39(56)78)47(86)76-38(48(87)88)14-8-26-68-52(63)64/h15-18,31-38,77H,1-14,19-28,53-55H2,(H2,56,78)(H,69,80)(H,70,79)(H,71,81)(H,72,82)(H,73,83)(H,74,84)(H,75,85)(H,76,86)(H,87,88)(H4,57,58,65)(H4,59,60,66)(H4,61,62,67)(H4,63,64,68). The number of carbonyl (C=O) groups is 10. The maximum Gasteiger partial charge on any atom is 0.326 e. The number of amides is 9. The van der Waals surface area contributed by atoms with Crippen LogP contribution in [0.15, 0.2) is 44.2 Å². The van der Waals surface area contributed by atoms with Gasteiger partial charge in [-0.25, -0.2) is 4.79 Å². The molecule has 494 valence electrons. The van der Waals surface area contributed by atoms with Gasteiger partial charge in [0.2, 0.25) is 53.2 Å². The predicted molar refractivity (Wildman–Crippen MR) is 328 cm³/mol. The molecule has 34 N–H and O–H groups in total. The predicted octanol–water partition coefficient (Wildman–Crippen LogP) is -8.41. The fourth-order valence-corrected chi connectivity index (χ4v) is 8.31. The second-order valence-corrected chi connectivity index (χ2v) is 20.4. The lowest BCUT2D eigenvalue weighted by atomic mass is 10.0. The van der Waals surface area contributed by atoms with Gasteiger partial charge in [-0.1, -0.05) is 12.1 Å². The second-order valence-electron chi connectivity index (χ2n) is 20.4. The van der Waals surface area contributed by atoms with Gasteiger partial charge in [0.25, 0.3) is 0 Å². The quantitative estimate of drug-likeness (QED) is 0.0164. The Balaban J connectivity index is 3.65. The van der Waals surface area contributed by atoms with Gasteiger partial charge in [0.1, 0.15) is 48.0 Å². The monoisotopic (exact) mass is 1250 g/mol. The Morgan fingerprint density at radius 1 is 0.409 bits per heavy atom. The number of benzene rings is 1. The van der Waals surface area contributed by atoms with E-state index < -0.39 is 127 Å². The molecule has 0 spiro atoms. The van der Waals surface area contributed by atoms with Crippen molar-refractivity contribution in [3.63, 3.8) is 0 Å². The number of aliphatic imine (C=N–C) groups is 4. The largest absolute Gasteiger partial charge is 0.508 e. The average molecular weight is 1250 g/mol. The number of rotatable bonds is 46. The molecule has 8 unspecified atom stereocenters. The molecule has 0 radical (unpaired) electrons. The highest BCUT2D eigenvalue weighted by atomic mass is 16.4. The SMILES string of the molecule is NCCCCC(NC(=O)C(CCCN=C(N)N)NC(=O)CNC(=O)C(N)Cc1ccc(O)cc1)C(=O)NC(CCCCN)C(=O)NC(CCCN=C(N)N)C(=O)NC(CCCN=C(N)N)C(=O)NC(CCC(N)=O)C(=O)NC(CCCN=C(N)N)C(=O)O. The summed E-state index contributed by atoms with van der Waals surface area (Å²) < 4.78 is 0. The van der Waals surface area contributed by atoms with E-state index in [4.69, 9.17) is 68.8 Å². The Morgan fingerprint density at radius 2 is 0.716 bits per heavy atom. The lowest BCUT2D eigenvalue weighted by Gasteiger charge is -2.28. The van der Waals surface area contributed by atoms with E-state index in [1.165, 1.54) is 12.1 Å². The normalized spacial score (nSPS) is 13.5. The van der Waals surface area contributed by atoms with Crippen LogP contribution in [-0.2, 0) is 54.4 Å². The molecule has 0 fully saturated rings. The number of nitrogens with two attached hydrogens (primary N) is 12. The summed E-state index contributed by atoms with van der Waals surface area (Å²) in [5.41, 5.74) is 67.5. The highest BCUT2D eigenvalue weighted by Gasteiger charge is 2.34. The number of unbranched alkanes of at least 4 members (excludes halogenated alkanes) is 2. The maximum atomic E-state index is 14.5. The Bertz CT molecular complexity index is 2520. The van der Waals surface area contributed by atoms with Gasteiger partial charge in [0, 0.05) is 32.6 Å². The molecule has 1 rings (SSSR count). The van der Waals surface area contributed by atoms with Crippen molar-refractivity contribution in [2.45, 2.75) is 157 Å². The number of primary amides is 1. The van der Waals surface area contributed by atoms with Crippen LogP contribution >= 0.6 is 0 Å². The first-order chi connectivity index (χ1) is 41.7. The van der Waals surface area contributed by atoms with Crippen molar-refractivity contribution in [1.82, 2.24) is 42.5 Å². The summed E-state index contributed by atoms with van der Waals surface area (Å²) in [5, 5.41) is 39.9. The zero-order valence-electron chi connectivity index (χ0n) is 49.6. The third kappa shape index (κ3) is 34.6. The van der Waals surface area contributed by atoms with E-state index in [2.05, 4.69) is 62.5 Å². The molecule has 8 atom stereocenters. The van der Waals surface area contributed by atoms with Gasteiger partial charge in [-0.05, 0) is 134 Å². The van der Waals surface area contributed by atoms with E-state index >= 15 is 0 Å². The van der Waals surface area contributed by atoms with Gasteiger partial charge >= 0.3 is 5.97 Å². The first kappa shape index (κ1) is 76.7. The fourth-order valence-electron chi connectivity index (χ4n) is 8.31. The van der Waals surface area contributed by atoms with E-state index in [1.54, 1.807) is 12.1 Å². The highest BCUT2D eigenvalue weighted by molar-refractivity contribution is 5.98. The summed E-state index contributed by atoms with van der Waals surface area (Å²) in [6.07, 6.45) is 0.373. The topological polar surface area (TPSA) is 669 Å². The number of aromatic hydroxyl groups is 1. The van der Waals surface area contributed by atoms with Crippen LogP contribution in [0.5, 0.6) is 5.75 Å². The summed E-state index contributed by atoms with van der Waals surface area (Å²) >= 11 is 0. The minimum absolute atomic E-state index is 0.0100. The van der Waals surface area contributed by atoms with Crippen LogP contribution in [-0.4, -0.2) is 187 Å². The Morgan fingerprint density at radius 3 is 1.03 bits per heavy atom. The Kier molecular flexibility index (Phi) is 37.8. The van der Waals surface area contributed by atoms with E-state index in [1.807, 2.05) is 0 Å². The van der Waals surface area contributed by atoms with Crippen LogP contribution in [0.1, 0.15) is 108 Å². The van der Waals surface area contributed by atoms with E-state index in [9.17, 15) is 58.2 Å². The first-order valence-electron chi connectivity index (χ1n) is 28.7. The Labute approximate surface area is 509 Å². The molecule has 0 aliphatic rings. The molecule has 36 heteroatoms. The lowest BCUT2D eigenvalue weighted by Crippen LogP contribution is -2.60. The van der Waals surface area contributed by atoms with Crippen LogP contribution in [0.4, 0.5) is 0 Å². The number of phenolic OH excluding ortho intramolecular Hbond substituents is 1. The molecule has 1 aromatic rings. The number of hydrogen-bond donors (Lipinski definition) is 22. The third-order valence-electron chi connectivity index (χ3n) is 12.9. The van der Waals surface area contributed by atoms with Gasteiger partial charge in [0.15, 0.2) is 23.8 Å². The highest BCUT2D eigenvalue weighted by Crippen LogP contribution is 2.13. The molecule has 0 heterocycles. The molecule has 0 aliphatic carbocycles. The smallest absolute Gasteiger partial charge is 0.326 e. The third-order valence-corrected chi connectivity index (χ3v) is 12.9. The first-order valence-corrected chi connectivity index (χ1v) is 28.7. The molecular weight excluding hydrogens is 1150 g/mol. The summed E-state index contributed by atoms with van der Waals surface area (Å²) in [4.78, 5) is 151. The van der Waals surface area contributed by atoms with Crippen molar-refractivity contribution < 1.29 is 58.2 Å². The number of nitrogens with one attached hydrogen (secondary N) is 8. The van der Waals surface area contributed by atoms with Gasteiger partial charge < -0.3 is 122 Å². The molecule has 0 aliphatic heterocycles. The van der Waals surface area contributed by atoms with E-state index in [0.29, 0.717) is 24.8 Å². The van der Waals surface area contributed by atoms with Gasteiger partial charge in [-0.2, -0.15) is 0 Å². The molecule has 1 aromatic carbocycles. The molecule has 9 amide bonds. The van der Waals surface area contributed by atoms with Crippen molar-refractivity contribution in [3.05, 3.63) is 29.8 Å². The lowest BCUT2D eigenvalue weighted by molar-refractivity contribution is -0.142. The molecule has 0 saturated carbocycles. The van der Waals surface area contributed by atoms with Crippen molar-refractivity contribution >= 4 is 83.0 Å². The fraction of sp³-hybridized carbons (Fsp3) is 0.615. The van der Waals surface area contributed by atoms with Gasteiger partial charge in [-0.3, -0.25) is 63.1 Å². The van der Waals surface area contributed by atoms with Crippen molar-refractivity contribution in [1.29, 1.82) is 0 Å². The van der Waals surface area contributed by atoms with Crippen LogP contribution in [0.25, 0.3) is 0 Å². The van der Waals surface area contributed by atoms with E-state index in [0.717, 1.165) is 0 Å². The minimum Gasteiger partial charge on any atom is -0.508 e. The van der Waals surface area contributed by atoms with Crippen LogP contribution in [0, 0.1) is 0 Å². The number of carboxylic acid groups (broad SMARTS) is 1. The van der Waals surface area contributed by atoms with Crippen molar-refractivity contribution in [2.75, 3.05) is 45.8 Å². The van der Waals surface area contributed by atoms with E-state index in [-0.39, 0.29) is 146 Å².